The Morgan fingerprint density at radius 3 is 2.84 bits per heavy atom. The highest BCUT2D eigenvalue weighted by Gasteiger charge is 2.28. The zero-order valence-corrected chi connectivity index (χ0v) is 15.4. The quantitative estimate of drug-likeness (QED) is 0.451. The minimum Gasteiger partial charge on any atom is -0.497 e. The summed E-state index contributed by atoms with van der Waals surface area (Å²) in [7, 11) is 1.57. The van der Waals surface area contributed by atoms with E-state index >= 15 is 0 Å². The Morgan fingerprint density at radius 1 is 1.40 bits per heavy atom. The van der Waals surface area contributed by atoms with Crippen molar-refractivity contribution in [2.75, 3.05) is 18.7 Å². The minimum atomic E-state index is -0.610. The van der Waals surface area contributed by atoms with Gasteiger partial charge in [-0.05, 0) is 35.0 Å². The summed E-state index contributed by atoms with van der Waals surface area (Å²) in [5, 5.41) is 1.39. The summed E-state index contributed by atoms with van der Waals surface area (Å²) in [4.78, 5) is 16.4. The van der Waals surface area contributed by atoms with Crippen LogP contribution in [0.25, 0.3) is 5.69 Å². The number of nitrogens with zero attached hydrogens (tertiary/aromatic N) is 3. The van der Waals surface area contributed by atoms with Gasteiger partial charge in [0.2, 0.25) is 0 Å². The number of esters is 1. The second kappa shape index (κ2) is 6.77. The van der Waals surface area contributed by atoms with Gasteiger partial charge in [0.05, 0.1) is 36.5 Å². The van der Waals surface area contributed by atoms with E-state index in [0.717, 1.165) is 11.4 Å². The van der Waals surface area contributed by atoms with Crippen molar-refractivity contribution in [3.05, 3.63) is 46.2 Å². The molecule has 0 bridgehead atoms. The lowest BCUT2D eigenvalue weighted by Gasteiger charge is -2.23. The number of hydrazine groups is 1. The number of allylic oxidation sites excluding steroid dienone is 1. The van der Waals surface area contributed by atoms with Gasteiger partial charge in [0.15, 0.2) is 0 Å². The molecule has 1 aliphatic heterocycles. The first kappa shape index (κ1) is 17.3. The van der Waals surface area contributed by atoms with Gasteiger partial charge in [0.25, 0.3) is 0 Å². The van der Waals surface area contributed by atoms with Crippen molar-refractivity contribution >= 4 is 27.6 Å². The maximum atomic E-state index is 12.1. The first-order valence-corrected chi connectivity index (χ1v) is 8.37. The van der Waals surface area contributed by atoms with E-state index in [1.807, 2.05) is 16.7 Å². The predicted molar refractivity (Wildman–Crippen MR) is 96.0 cm³/mol. The van der Waals surface area contributed by atoms with Gasteiger partial charge in [-0.15, -0.1) is 0 Å². The Balaban J connectivity index is 2.24. The van der Waals surface area contributed by atoms with Crippen LogP contribution in [0.15, 0.2) is 40.5 Å². The molecule has 25 heavy (non-hydrogen) atoms. The van der Waals surface area contributed by atoms with Crippen LogP contribution in [-0.4, -0.2) is 29.2 Å². The van der Waals surface area contributed by atoms with Crippen LogP contribution in [0.4, 0.5) is 5.69 Å². The van der Waals surface area contributed by atoms with Crippen LogP contribution < -0.4 is 21.3 Å². The lowest BCUT2D eigenvalue weighted by atomic mass is 10.2. The smallest absolute Gasteiger partial charge is 0.356 e. The molecule has 1 aliphatic rings. The van der Waals surface area contributed by atoms with Gasteiger partial charge in [-0.2, -0.15) is 0 Å². The summed E-state index contributed by atoms with van der Waals surface area (Å²) < 4.78 is 12.8. The number of methoxy groups -OCH3 is 1. The molecule has 1 aromatic carbocycles. The van der Waals surface area contributed by atoms with Crippen LogP contribution in [-0.2, 0) is 16.0 Å². The van der Waals surface area contributed by atoms with Crippen molar-refractivity contribution in [1.82, 2.24) is 9.55 Å². The van der Waals surface area contributed by atoms with E-state index in [0.29, 0.717) is 28.2 Å². The highest BCUT2D eigenvalue weighted by atomic mass is 79.9. The van der Waals surface area contributed by atoms with E-state index in [1.165, 1.54) is 5.01 Å². The number of halogens is 1. The molecule has 2 heterocycles. The highest BCUT2D eigenvalue weighted by Crippen LogP contribution is 2.36. The second-order valence-corrected chi connectivity index (χ2v) is 6.09. The van der Waals surface area contributed by atoms with E-state index in [-0.39, 0.29) is 12.3 Å². The Kier molecular flexibility index (Phi) is 4.69. The summed E-state index contributed by atoms with van der Waals surface area (Å²) in [5.74, 6) is 6.34. The average molecular weight is 408 g/mol. The number of imidazole rings is 1. The number of carbonyl (C=O) groups is 1. The van der Waals surface area contributed by atoms with E-state index < -0.39 is 5.97 Å². The van der Waals surface area contributed by atoms with Gasteiger partial charge >= 0.3 is 5.97 Å². The maximum absolute atomic E-state index is 12.1. The second-order valence-electron chi connectivity index (χ2n) is 5.33. The largest absolute Gasteiger partial charge is 0.497 e. The van der Waals surface area contributed by atoms with Crippen molar-refractivity contribution in [2.45, 2.75) is 13.3 Å². The highest BCUT2D eigenvalue weighted by molar-refractivity contribution is 9.10. The van der Waals surface area contributed by atoms with Gasteiger partial charge < -0.3 is 15.2 Å². The third-order valence-electron chi connectivity index (χ3n) is 3.95. The number of ether oxygens (including phenoxy) is 2. The standard InChI is InChI=1S/C16H18BrN5O3/c1-3-25-16(23)14(18)12-7-13-15(17)20-8-21(13)10-5-4-9(24-2)6-11(10)22(12)19/h4-6,8H,3,7,18-19H2,1-2H3/b14-12-. The minimum absolute atomic E-state index is 0.0420. The van der Waals surface area contributed by atoms with E-state index in [1.54, 1.807) is 26.4 Å². The summed E-state index contributed by atoms with van der Waals surface area (Å²) in [6.45, 7) is 1.94. The lowest BCUT2D eigenvalue weighted by Crippen LogP contribution is -2.35. The lowest BCUT2D eigenvalue weighted by molar-refractivity contribution is -0.138. The fourth-order valence-corrected chi connectivity index (χ4v) is 3.11. The van der Waals surface area contributed by atoms with Crippen LogP contribution in [0, 0.1) is 0 Å². The molecule has 2 aromatic rings. The number of hydrogen-bond donors (Lipinski definition) is 2. The number of carbonyl (C=O) groups excluding carboxylic acids is 1. The molecular weight excluding hydrogens is 390 g/mol. The summed E-state index contributed by atoms with van der Waals surface area (Å²) >= 11 is 3.44. The zero-order valence-electron chi connectivity index (χ0n) is 13.8. The zero-order chi connectivity index (χ0) is 18.1. The van der Waals surface area contributed by atoms with Crippen molar-refractivity contribution in [2.24, 2.45) is 11.6 Å². The van der Waals surface area contributed by atoms with E-state index in [9.17, 15) is 4.79 Å². The molecule has 1 aromatic heterocycles. The Morgan fingerprint density at radius 2 is 2.16 bits per heavy atom. The normalized spacial score (nSPS) is 15.1. The first-order chi connectivity index (χ1) is 12.0. The van der Waals surface area contributed by atoms with Gasteiger partial charge in [0, 0.05) is 12.5 Å². The topological polar surface area (TPSA) is 109 Å². The number of aromatic nitrogens is 2. The molecule has 0 aliphatic carbocycles. The van der Waals surface area contributed by atoms with Crippen LogP contribution in [0.1, 0.15) is 12.6 Å². The van der Waals surface area contributed by atoms with Crippen LogP contribution in [0.2, 0.25) is 0 Å². The van der Waals surface area contributed by atoms with Crippen molar-refractivity contribution in [3.8, 4) is 11.4 Å². The molecule has 0 spiro atoms. The first-order valence-electron chi connectivity index (χ1n) is 7.58. The Labute approximate surface area is 153 Å². The molecule has 0 radical (unpaired) electrons. The van der Waals surface area contributed by atoms with E-state index in [4.69, 9.17) is 21.1 Å². The van der Waals surface area contributed by atoms with Gasteiger partial charge in [-0.25, -0.2) is 15.6 Å². The van der Waals surface area contributed by atoms with E-state index in [2.05, 4.69) is 20.9 Å². The summed E-state index contributed by atoms with van der Waals surface area (Å²) in [5.41, 5.74) is 8.68. The molecule has 0 saturated heterocycles. The fourth-order valence-electron chi connectivity index (χ4n) is 2.69. The van der Waals surface area contributed by atoms with Crippen molar-refractivity contribution in [1.29, 1.82) is 0 Å². The number of benzene rings is 1. The summed E-state index contributed by atoms with van der Waals surface area (Å²) in [6, 6.07) is 5.47. The fraction of sp³-hybridized carbons (Fsp3) is 0.250. The molecule has 8 nitrogen and oxygen atoms in total. The molecule has 132 valence electrons. The molecule has 0 unspecified atom stereocenters. The molecule has 3 rings (SSSR count). The predicted octanol–water partition coefficient (Wildman–Crippen LogP) is 1.61. The van der Waals surface area contributed by atoms with Crippen molar-refractivity contribution < 1.29 is 14.3 Å². The van der Waals surface area contributed by atoms with Crippen LogP contribution in [0.3, 0.4) is 0 Å². The molecular formula is C16H18BrN5O3. The summed E-state index contributed by atoms with van der Waals surface area (Å²) in [6.07, 6.45) is 1.99. The Bertz CT molecular complexity index is 861. The third kappa shape index (κ3) is 2.96. The number of rotatable bonds is 3. The van der Waals surface area contributed by atoms with Gasteiger partial charge in [-0.1, -0.05) is 0 Å². The van der Waals surface area contributed by atoms with Crippen LogP contribution in [0.5, 0.6) is 5.75 Å². The SMILES string of the molecule is CCOC(=O)/C(N)=C1\Cc2c(Br)ncn2-c2ccc(OC)cc2N1N. The Hall–Kier alpha value is -2.52. The molecule has 4 N–H and O–H groups in total. The maximum Gasteiger partial charge on any atom is 0.356 e. The average Bonchev–Trinajstić information content (AvgIpc) is 2.92. The monoisotopic (exact) mass is 407 g/mol. The molecule has 0 saturated carbocycles. The van der Waals surface area contributed by atoms with Gasteiger partial charge in [0.1, 0.15) is 22.4 Å². The number of nitrogens with two attached hydrogens (primary N) is 2. The van der Waals surface area contributed by atoms with Gasteiger partial charge in [-0.3, -0.25) is 9.58 Å². The third-order valence-corrected chi connectivity index (χ3v) is 4.61. The van der Waals surface area contributed by atoms with Crippen LogP contribution >= 0.6 is 15.9 Å². The molecule has 0 amide bonds. The van der Waals surface area contributed by atoms with Crippen molar-refractivity contribution in [3.63, 3.8) is 0 Å². The molecule has 9 heteroatoms. The number of anilines is 1. The number of fused-ring (bicyclic) bond motifs is 3. The number of hydrogen-bond acceptors (Lipinski definition) is 7. The molecule has 0 atom stereocenters. The molecule has 0 fully saturated rings.